The van der Waals surface area contributed by atoms with E-state index in [1.807, 2.05) is 11.3 Å². The molecule has 11 rings (SSSR count). The first kappa shape index (κ1) is 29.9. The first-order chi connectivity index (χ1) is 25.5. The topological polar surface area (TPSA) is 8.17 Å². The summed E-state index contributed by atoms with van der Waals surface area (Å²) in [5.41, 5.74) is 16.7. The molecule has 0 saturated heterocycles. The van der Waals surface area contributed by atoms with Gasteiger partial charge in [-0.05, 0) is 75.6 Å². The van der Waals surface area contributed by atoms with Crippen molar-refractivity contribution in [2.45, 2.75) is 26.2 Å². The maximum Gasteiger partial charge on any atom is 0.260 e. The molecule has 52 heavy (non-hydrogen) atoms. The fraction of sp³-hybridized carbons (Fsp3) is 0.0833. The molecule has 4 heterocycles. The van der Waals surface area contributed by atoms with Crippen molar-refractivity contribution >= 4 is 82.7 Å². The quantitative estimate of drug-likeness (QED) is 0.168. The minimum atomic E-state index is 0.00857. The molecule has 0 bridgehead atoms. The average Bonchev–Trinajstić information content (AvgIpc) is 3.84. The lowest BCUT2D eigenvalue weighted by Gasteiger charge is -2.36. The molecule has 0 fully saturated rings. The molecule has 2 aliphatic heterocycles. The first-order valence-electron chi connectivity index (χ1n) is 18.2. The van der Waals surface area contributed by atoms with E-state index in [1.54, 1.807) is 0 Å². The third-order valence-electron chi connectivity index (χ3n) is 11.3. The summed E-state index contributed by atoms with van der Waals surface area (Å²) in [7, 11) is 0. The highest BCUT2D eigenvalue weighted by Crippen LogP contribution is 2.50. The van der Waals surface area contributed by atoms with Gasteiger partial charge in [0.2, 0.25) is 0 Å². The SMILES string of the molecule is CC(C)(C)c1ccc(N2c3cc(-n4c5ccccc5c5ccccc54)cc4c3B(c3ccccc3-4)c3sc4ccccc4c32)c(-c2ccccc2)c1. The second-order valence-electron chi connectivity index (χ2n) is 15.3. The molecule has 0 unspecified atom stereocenters. The molecule has 0 saturated carbocycles. The molecule has 0 amide bonds. The predicted molar refractivity (Wildman–Crippen MR) is 225 cm³/mol. The Morgan fingerprint density at radius 2 is 1.19 bits per heavy atom. The summed E-state index contributed by atoms with van der Waals surface area (Å²) in [5, 5.41) is 3.86. The molecule has 2 aliphatic rings. The Morgan fingerprint density at radius 3 is 1.94 bits per heavy atom. The predicted octanol–water partition coefficient (Wildman–Crippen LogP) is 11.2. The minimum Gasteiger partial charge on any atom is -0.309 e. The van der Waals surface area contributed by atoms with Crippen molar-refractivity contribution in [3.63, 3.8) is 0 Å². The molecule has 246 valence electrons. The fourth-order valence-corrected chi connectivity index (χ4v) is 10.3. The molecule has 2 nitrogen and oxygen atoms in total. The smallest absolute Gasteiger partial charge is 0.260 e. The second-order valence-corrected chi connectivity index (χ2v) is 16.4. The van der Waals surface area contributed by atoms with Crippen LogP contribution < -0.4 is 20.6 Å². The van der Waals surface area contributed by atoms with Crippen LogP contribution in [0.5, 0.6) is 0 Å². The summed E-state index contributed by atoms with van der Waals surface area (Å²) in [6.45, 7) is 7.11. The molecule has 0 radical (unpaired) electrons. The van der Waals surface area contributed by atoms with Crippen LogP contribution in [-0.2, 0) is 5.41 Å². The van der Waals surface area contributed by atoms with Crippen LogP contribution in [0.2, 0.25) is 0 Å². The summed E-state index contributed by atoms with van der Waals surface area (Å²) >= 11 is 1.96. The molecule has 0 spiro atoms. The molecule has 4 heteroatoms. The first-order valence-corrected chi connectivity index (χ1v) is 19.0. The molecule has 7 aromatic carbocycles. The third-order valence-corrected chi connectivity index (χ3v) is 12.6. The third kappa shape index (κ3) is 4.13. The minimum absolute atomic E-state index is 0.00857. The van der Waals surface area contributed by atoms with E-state index in [2.05, 4.69) is 188 Å². The van der Waals surface area contributed by atoms with Crippen molar-refractivity contribution < 1.29 is 0 Å². The fourth-order valence-electron chi connectivity index (χ4n) is 8.98. The van der Waals surface area contributed by atoms with Crippen LogP contribution >= 0.6 is 11.3 Å². The van der Waals surface area contributed by atoms with Gasteiger partial charge in [-0.1, -0.05) is 141 Å². The van der Waals surface area contributed by atoms with Crippen LogP contribution in [0, 0.1) is 0 Å². The Balaban J connectivity index is 1.30. The highest BCUT2D eigenvalue weighted by atomic mass is 32.1. The number of benzene rings is 7. The number of nitrogens with zero attached hydrogens (tertiary/aromatic N) is 2. The Morgan fingerprint density at radius 1 is 0.538 bits per heavy atom. The number of hydrogen-bond donors (Lipinski definition) is 0. The number of anilines is 3. The van der Waals surface area contributed by atoms with Gasteiger partial charge in [0.25, 0.3) is 6.71 Å². The Kier molecular flexibility index (Phi) is 6.22. The van der Waals surface area contributed by atoms with E-state index in [0.29, 0.717) is 0 Å². The van der Waals surface area contributed by atoms with Crippen molar-refractivity contribution in [1.82, 2.24) is 4.57 Å². The zero-order valence-electron chi connectivity index (χ0n) is 29.4. The molecule has 9 aromatic rings. The van der Waals surface area contributed by atoms with Gasteiger partial charge in [-0.3, -0.25) is 0 Å². The van der Waals surface area contributed by atoms with Gasteiger partial charge >= 0.3 is 0 Å². The van der Waals surface area contributed by atoms with E-state index >= 15 is 0 Å². The summed E-state index contributed by atoms with van der Waals surface area (Å²) in [5.74, 6) is 0. The van der Waals surface area contributed by atoms with E-state index in [9.17, 15) is 0 Å². The van der Waals surface area contributed by atoms with Gasteiger partial charge in [0, 0.05) is 42.6 Å². The zero-order valence-corrected chi connectivity index (χ0v) is 30.2. The van der Waals surface area contributed by atoms with Crippen molar-refractivity contribution in [1.29, 1.82) is 0 Å². The van der Waals surface area contributed by atoms with Crippen molar-refractivity contribution in [3.8, 4) is 27.9 Å². The number of fused-ring (bicyclic) bond motifs is 10. The maximum absolute atomic E-state index is 2.63. The van der Waals surface area contributed by atoms with Gasteiger partial charge in [-0.15, -0.1) is 11.3 Å². The van der Waals surface area contributed by atoms with Crippen LogP contribution in [-0.4, -0.2) is 11.3 Å². The normalized spacial score (nSPS) is 13.2. The van der Waals surface area contributed by atoms with Gasteiger partial charge < -0.3 is 9.47 Å². The van der Waals surface area contributed by atoms with Crippen LogP contribution in [0.3, 0.4) is 0 Å². The van der Waals surface area contributed by atoms with Gasteiger partial charge in [0.1, 0.15) is 0 Å². The summed E-state index contributed by atoms with van der Waals surface area (Å²) in [6.07, 6.45) is 0. The monoisotopic (exact) mass is 682 g/mol. The van der Waals surface area contributed by atoms with E-state index in [4.69, 9.17) is 0 Å². The highest BCUT2D eigenvalue weighted by Gasteiger charge is 2.45. The number of hydrogen-bond acceptors (Lipinski definition) is 2. The molecule has 0 atom stereocenters. The Labute approximate surface area is 308 Å². The van der Waals surface area contributed by atoms with Gasteiger partial charge in [0.05, 0.1) is 22.4 Å². The molecule has 0 N–H and O–H groups in total. The van der Waals surface area contributed by atoms with Crippen molar-refractivity contribution in [2.75, 3.05) is 4.90 Å². The lowest BCUT2D eigenvalue weighted by Crippen LogP contribution is -2.53. The lowest BCUT2D eigenvalue weighted by molar-refractivity contribution is 0.590. The summed E-state index contributed by atoms with van der Waals surface area (Å²) in [6, 6.07) is 58.9. The van der Waals surface area contributed by atoms with E-state index < -0.39 is 0 Å². The van der Waals surface area contributed by atoms with Crippen molar-refractivity contribution in [3.05, 3.63) is 163 Å². The largest absolute Gasteiger partial charge is 0.309 e. The molecular formula is C48H35BN2S. The van der Waals surface area contributed by atoms with Crippen LogP contribution in [0.15, 0.2) is 158 Å². The number of thiophene rings is 1. The Hall–Kier alpha value is -5.84. The summed E-state index contributed by atoms with van der Waals surface area (Å²) < 4.78 is 5.23. The van der Waals surface area contributed by atoms with E-state index in [0.717, 1.165) is 0 Å². The lowest BCUT2D eigenvalue weighted by atomic mass is 9.40. The van der Waals surface area contributed by atoms with Gasteiger partial charge in [-0.2, -0.15) is 0 Å². The number of rotatable bonds is 3. The van der Waals surface area contributed by atoms with Crippen LogP contribution in [0.4, 0.5) is 17.1 Å². The van der Waals surface area contributed by atoms with Crippen LogP contribution in [0.25, 0.3) is 59.8 Å². The Bertz CT molecular complexity index is 2860. The van der Waals surface area contributed by atoms with E-state index in [-0.39, 0.29) is 12.1 Å². The number of aromatic nitrogens is 1. The van der Waals surface area contributed by atoms with Crippen LogP contribution in [0.1, 0.15) is 26.3 Å². The zero-order chi connectivity index (χ0) is 34.7. The maximum atomic E-state index is 2.63. The number of para-hydroxylation sites is 2. The second kappa shape index (κ2) is 10.8. The highest BCUT2D eigenvalue weighted by molar-refractivity contribution is 7.34. The molecule has 2 aromatic heterocycles. The van der Waals surface area contributed by atoms with Crippen molar-refractivity contribution in [2.24, 2.45) is 0 Å². The molecular weight excluding hydrogens is 647 g/mol. The average molecular weight is 683 g/mol. The standard InChI is InChI=1S/C48H35BN2S/c1-48(2,3)31-25-26-42(37(27-31)30-15-5-4-6-16-30)51-43-29-32(50-40-22-12-8-18-34(40)35-19-9-13-23-41(35)50)28-38-33-17-7-11-21-39(33)49(45(38)43)47-46(51)36-20-10-14-24-44(36)52-47/h4-29H,1-3H3. The summed E-state index contributed by atoms with van der Waals surface area (Å²) in [4.78, 5) is 2.63. The van der Waals surface area contributed by atoms with E-state index in [1.165, 1.54) is 98.2 Å². The van der Waals surface area contributed by atoms with Gasteiger partial charge in [0.15, 0.2) is 0 Å². The van der Waals surface area contributed by atoms with Gasteiger partial charge in [-0.25, -0.2) is 0 Å². The molecule has 0 aliphatic carbocycles.